The number of aromatic nitrogens is 2. The fraction of sp³-hybridized carbons (Fsp3) is 0.667. The van der Waals surface area contributed by atoms with Gasteiger partial charge >= 0.3 is 6.55 Å². The van der Waals surface area contributed by atoms with Crippen molar-refractivity contribution < 1.29 is 8.78 Å². The van der Waals surface area contributed by atoms with Crippen molar-refractivity contribution >= 4 is 6.21 Å². The summed E-state index contributed by atoms with van der Waals surface area (Å²) in [6.07, 6.45) is 4.55. The molecule has 0 spiro atoms. The molecule has 8 heteroatoms. The van der Waals surface area contributed by atoms with Crippen molar-refractivity contribution in [2.24, 2.45) is 11.0 Å². The summed E-state index contributed by atoms with van der Waals surface area (Å²) in [6.45, 7) is 2.79. The third-order valence-corrected chi connectivity index (χ3v) is 4.83. The molecule has 0 aliphatic carbocycles. The third-order valence-electron chi connectivity index (χ3n) is 4.83. The summed E-state index contributed by atoms with van der Waals surface area (Å²) in [5.41, 5.74) is 0.481. The van der Waals surface area contributed by atoms with E-state index in [9.17, 15) is 14.0 Å². The number of alkyl halides is 2. The van der Waals surface area contributed by atoms with Crippen LogP contribution in [0.25, 0.3) is 0 Å². The van der Waals surface area contributed by atoms with E-state index in [1.54, 1.807) is 17.8 Å². The Balaban J connectivity index is 1.95. The molecule has 23 heavy (non-hydrogen) atoms. The summed E-state index contributed by atoms with van der Waals surface area (Å²) in [5.74, 6) is 0.279. The zero-order valence-corrected chi connectivity index (χ0v) is 13.2. The van der Waals surface area contributed by atoms with Gasteiger partial charge in [-0.1, -0.05) is 6.92 Å². The topological polar surface area (TPSA) is 69.2 Å². The van der Waals surface area contributed by atoms with Gasteiger partial charge in [-0.05, 0) is 38.8 Å². The van der Waals surface area contributed by atoms with Crippen molar-refractivity contribution in [3.8, 4) is 6.07 Å². The highest BCUT2D eigenvalue weighted by Crippen LogP contribution is 2.43. The normalized spacial score (nSPS) is 29.3. The minimum Gasteiger partial charge on any atom is -0.317 e. The summed E-state index contributed by atoms with van der Waals surface area (Å²) in [7, 11) is 0. The molecule has 6 nitrogen and oxygen atoms in total. The monoisotopic (exact) mass is 322 g/mol. The molecule has 1 aromatic heterocycles. The second-order valence-electron chi connectivity index (χ2n) is 6.28. The first kappa shape index (κ1) is 15.9. The molecule has 0 aromatic carbocycles. The lowest BCUT2D eigenvalue weighted by molar-refractivity contribution is -0.103. The van der Waals surface area contributed by atoms with Crippen molar-refractivity contribution in [1.82, 2.24) is 20.1 Å². The molecule has 0 saturated carbocycles. The number of nitrogens with zero attached hydrogens (tertiary/aromatic N) is 5. The number of rotatable bonds is 5. The number of halogens is 2. The zero-order chi connectivity index (χ0) is 16.6. The van der Waals surface area contributed by atoms with E-state index in [1.807, 2.05) is 6.92 Å². The van der Waals surface area contributed by atoms with Crippen LogP contribution in [-0.2, 0) is 6.42 Å². The van der Waals surface area contributed by atoms with Gasteiger partial charge in [0, 0.05) is 0 Å². The average molecular weight is 322 g/mol. The fourth-order valence-electron chi connectivity index (χ4n) is 3.52. The van der Waals surface area contributed by atoms with Crippen LogP contribution in [0.1, 0.15) is 37.6 Å². The molecular weight excluding hydrogens is 302 g/mol. The summed E-state index contributed by atoms with van der Waals surface area (Å²) >= 11 is 0. The first-order valence-corrected chi connectivity index (χ1v) is 7.81. The van der Waals surface area contributed by atoms with Crippen molar-refractivity contribution in [3.63, 3.8) is 0 Å². The van der Waals surface area contributed by atoms with Crippen LogP contribution in [-0.4, -0.2) is 46.2 Å². The van der Waals surface area contributed by atoms with Crippen molar-refractivity contribution in [2.45, 2.75) is 44.8 Å². The van der Waals surface area contributed by atoms with Gasteiger partial charge in [-0.15, -0.1) is 0 Å². The van der Waals surface area contributed by atoms with Crippen LogP contribution in [0.2, 0.25) is 0 Å². The van der Waals surface area contributed by atoms with Gasteiger partial charge in [0.25, 0.3) is 0 Å². The molecule has 3 rings (SSSR count). The molecule has 124 valence electrons. The Labute approximate surface area is 133 Å². The predicted molar refractivity (Wildman–Crippen MR) is 81.1 cm³/mol. The van der Waals surface area contributed by atoms with E-state index >= 15 is 0 Å². The highest BCUT2D eigenvalue weighted by atomic mass is 19.3. The van der Waals surface area contributed by atoms with Gasteiger partial charge in [0.05, 0.1) is 29.7 Å². The molecule has 0 fully saturated rings. The van der Waals surface area contributed by atoms with Crippen LogP contribution >= 0.6 is 0 Å². The quantitative estimate of drug-likeness (QED) is 0.839. The molecule has 1 aromatic rings. The number of nitrogens with one attached hydrogen (secondary N) is 1. The second kappa shape index (κ2) is 5.89. The van der Waals surface area contributed by atoms with Gasteiger partial charge in [-0.2, -0.15) is 24.2 Å². The minimum atomic E-state index is -2.64. The van der Waals surface area contributed by atoms with Gasteiger partial charge in [0.1, 0.15) is 11.6 Å². The highest BCUT2D eigenvalue weighted by molar-refractivity contribution is 5.75. The van der Waals surface area contributed by atoms with E-state index in [-0.39, 0.29) is 12.0 Å². The molecule has 2 aliphatic heterocycles. The van der Waals surface area contributed by atoms with Gasteiger partial charge in [0.2, 0.25) is 0 Å². The first-order chi connectivity index (χ1) is 11.0. The smallest absolute Gasteiger partial charge is 0.317 e. The third kappa shape index (κ3) is 2.49. The number of nitriles is 1. The van der Waals surface area contributed by atoms with Crippen molar-refractivity contribution in [2.75, 3.05) is 13.1 Å². The molecule has 2 aliphatic rings. The Bertz CT molecular complexity index is 649. The van der Waals surface area contributed by atoms with Gasteiger partial charge in [0.15, 0.2) is 0 Å². The van der Waals surface area contributed by atoms with E-state index in [1.165, 1.54) is 6.20 Å². The summed E-state index contributed by atoms with van der Waals surface area (Å²) < 4.78 is 28.1. The SMILES string of the molecule is CCNC[C@H]1Cc2c(C#N)cnn2[C@@H](C2(C)C=NN2C(F)F)C1. The van der Waals surface area contributed by atoms with E-state index in [0.717, 1.165) is 36.6 Å². The van der Waals surface area contributed by atoms with Crippen LogP contribution in [0.5, 0.6) is 0 Å². The predicted octanol–water partition coefficient (Wildman–Crippen LogP) is 1.75. The number of hydrogen-bond acceptors (Lipinski definition) is 5. The molecular formula is C15H20F2N6. The fourth-order valence-corrected chi connectivity index (χ4v) is 3.52. The minimum absolute atomic E-state index is 0.261. The Morgan fingerprint density at radius 3 is 2.91 bits per heavy atom. The Morgan fingerprint density at radius 2 is 2.35 bits per heavy atom. The van der Waals surface area contributed by atoms with E-state index < -0.39 is 12.1 Å². The summed E-state index contributed by atoms with van der Waals surface area (Å²) in [6, 6.07) is 1.89. The lowest BCUT2D eigenvalue weighted by atomic mass is 9.79. The molecule has 0 saturated heterocycles. The van der Waals surface area contributed by atoms with Crippen LogP contribution in [0.4, 0.5) is 8.78 Å². The molecule has 0 amide bonds. The lowest BCUT2D eigenvalue weighted by Gasteiger charge is -2.49. The Kier molecular flexibility index (Phi) is 4.06. The van der Waals surface area contributed by atoms with Crippen LogP contribution in [0.15, 0.2) is 11.3 Å². The maximum Gasteiger partial charge on any atom is 0.330 e. The highest BCUT2D eigenvalue weighted by Gasteiger charge is 2.51. The van der Waals surface area contributed by atoms with E-state index in [4.69, 9.17) is 0 Å². The Hall–Kier alpha value is -2.01. The van der Waals surface area contributed by atoms with Crippen molar-refractivity contribution in [3.05, 3.63) is 17.5 Å². The summed E-state index contributed by atoms with van der Waals surface area (Å²) in [4.78, 5) is 0. The number of hydrogen-bond donors (Lipinski definition) is 1. The van der Waals surface area contributed by atoms with E-state index in [0.29, 0.717) is 5.56 Å². The second-order valence-corrected chi connectivity index (χ2v) is 6.28. The lowest BCUT2D eigenvalue weighted by Crippen LogP contribution is -2.61. The maximum absolute atomic E-state index is 13.2. The summed E-state index contributed by atoms with van der Waals surface area (Å²) in [5, 5.41) is 21.4. The molecule has 1 unspecified atom stereocenters. The Morgan fingerprint density at radius 1 is 1.57 bits per heavy atom. The standard InChI is InChI=1S/C15H20F2N6/c1-3-19-7-10-4-12-11(6-18)8-20-22(12)13(5-10)15(2)9-21-23(15)14(16)17/h8-10,13-14,19H,3-5,7H2,1-2H3/t10-,13+,15?/m0/s1. The van der Waals surface area contributed by atoms with Gasteiger partial charge in [-0.3, -0.25) is 4.68 Å². The molecule has 0 radical (unpaired) electrons. The molecule has 3 heterocycles. The molecule has 3 atom stereocenters. The van der Waals surface area contributed by atoms with Crippen molar-refractivity contribution in [1.29, 1.82) is 5.26 Å². The number of hydrazone groups is 1. The van der Waals surface area contributed by atoms with Crippen LogP contribution in [0.3, 0.4) is 0 Å². The maximum atomic E-state index is 13.2. The first-order valence-electron chi connectivity index (χ1n) is 7.81. The number of fused-ring (bicyclic) bond motifs is 1. The van der Waals surface area contributed by atoms with Crippen LogP contribution < -0.4 is 5.32 Å². The molecule has 0 bridgehead atoms. The van der Waals surface area contributed by atoms with Gasteiger partial charge in [-0.25, -0.2) is 5.01 Å². The average Bonchev–Trinajstić information content (AvgIpc) is 2.92. The zero-order valence-electron chi connectivity index (χ0n) is 13.2. The molecule has 1 N–H and O–H groups in total. The van der Waals surface area contributed by atoms with Gasteiger partial charge < -0.3 is 5.32 Å². The van der Waals surface area contributed by atoms with Crippen LogP contribution in [0, 0.1) is 17.2 Å². The largest absolute Gasteiger partial charge is 0.330 e. The van der Waals surface area contributed by atoms with E-state index in [2.05, 4.69) is 21.6 Å².